The van der Waals surface area contributed by atoms with Gasteiger partial charge in [0.1, 0.15) is 17.6 Å². The first-order valence-corrected chi connectivity index (χ1v) is 7.09. The van der Waals surface area contributed by atoms with Crippen LogP contribution < -0.4 is 4.74 Å². The van der Waals surface area contributed by atoms with Gasteiger partial charge in [-0.3, -0.25) is 0 Å². The first-order chi connectivity index (χ1) is 10.5. The number of alkyl halides is 2. The molecule has 0 saturated heterocycles. The highest BCUT2D eigenvalue weighted by atomic mass is 32.2. The molecule has 0 spiro atoms. The molecule has 2 aromatic carbocycles. The minimum Gasteiger partial charge on any atom is -0.456 e. The average molecular weight is 316 g/mol. The van der Waals surface area contributed by atoms with Gasteiger partial charge in [-0.15, -0.1) is 0 Å². The molecule has 0 radical (unpaired) electrons. The molecule has 0 aliphatic carbocycles. The molecule has 0 N–H and O–H groups in total. The van der Waals surface area contributed by atoms with Crippen molar-refractivity contribution in [1.82, 2.24) is 0 Å². The van der Waals surface area contributed by atoms with Crippen LogP contribution in [0, 0.1) is 29.6 Å². The Morgan fingerprint density at radius 2 is 1.91 bits per heavy atom. The molecule has 2 rings (SSSR count). The van der Waals surface area contributed by atoms with E-state index in [0.29, 0.717) is 33.5 Å². The molecule has 2 aromatic rings. The smallest absolute Gasteiger partial charge is 0.288 e. The number of hydrogen-bond acceptors (Lipinski definition) is 4. The maximum absolute atomic E-state index is 12.5. The summed E-state index contributed by atoms with van der Waals surface area (Å²) in [5, 5.41) is 18.1. The molecule has 22 heavy (non-hydrogen) atoms. The van der Waals surface area contributed by atoms with E-state index in [1.807, 2.05) is 12.1 Å². The molecular formula is C16H10F2N2OS. The molecular weight excluding hydrogens is 306 g/mol. The van der Waals surface area contributed by atoms with Crippen LogP contribution in [-0.2, 0) is 0 Å². The van der Waals surface area contributed by atoms with E-state index in [0.717, 1.165) is 0 Å². The Morgan fingerprint density at radius 3 is 2.55 bits per heavy atom. The highest BCUT2D eigenvalue weighted by molar-refractivity contribution is 7.99. The first-order valence-electron chi connectivity index (χ1n) is 6.21. The lowest BCUT2D eigenvalue weighted by molar-refractivity contribution is 0.252. The van der Waals surface area contributed by atoms with E-state index >= 15 is 0 Å². The molecule has 3 nitrogen and oxygen atoms in total. The van der Waals surface area contributed by atoms with Gasteiger partial charge in [0, 0.05) is 4.90 Å². The fourth-order valence-corrected chi connectivity index (χ4v) is 2.49. The van der Waals surface area contributed by atoms with Gasteiger partial charge in [0.2, 0.25) is 0 Å². The van der Waals surface area contributed by atoms with E-state index in [-0.39, 0.29) is 11.3 Å². The van der Waals surface area contributed by atoms with E-state index in [1.54, 1.807) is 25.1 Å². The van der Waals surface area contributed by atoms with E-state index in [9.17, 15) is 14.0 Å². The monoisotopic (exact) mass is 316 g/mol. The van der Waals surface area contributed by atoms with Gasteiger partial charge in [0.05, 0.1) is 17.2 Å². The summed E-state index contributed by atoms with van der Waals surface area (Å²) in [6.07, 6.45) is 0. The number of benzene rings is 2. The summed E-state index contributed by atoms with van der Waals surface area (Å²) in [7, 11) is 0. The third-order valence-electron chi connectivity index (χ3n) is 2.90. The molecule has 0 saturated carbocycles. The third kappa shape index (κ3) is 3.55. The van der Waals surface area contributed by atoms with Crippen LogP contribution in [0.15, 0.2) is 41.3 Å². The minimum atomic E-state index is -2.55. The Kier molecular flexibility index (Phi) is 4.98. The minimum absolute atomic E-state index is 0.202. The Bertz CT molecular complexity index is 779. The Labute approximate surface area is 130 Å². The lowest BCUT2D eigenvalue weighted by Crippen LogP contribution is -1.95. The van der Waals surface area contributed by atoms with Crippen molar-refractivity contribution in [3.8, 4) is 23.6 Å². The SMILES string of the molecule is Cc1c(SC(F)F)ccc(Oc2cccc(C#N)c2)c1C#N. The zero-order valence-electron chi connectivity index (χ0n) is 11.5. The number of ether oxygens (including phenoxy) is 1. The number of nitriles is 2. The number of thioether (sulfide) groups is 1. The largest absolute Gasteiger partial charge is 0.456 e. The molecule has 0 bridgehead atoms. The van der Waals surface area contributed by atoms with Gasteiger partial charge in [-0.2, -0.15) is 19.3 Å². The average Bonchev–Trinajstić information content (AvgIpc) is 2.50. The number of rotatable bonds is 4. The van der Waals surface area contributed by atoms with Gasteiger partial charge in [-0.05, 0) is 42.8 Å². The number of halogens is 2. The lowest BCUT2D eigenvalue weighted by Gasteiger charge is -2.12. The standard InChI is InChI=1S/C16H10F2N2OS/c1-10-13(9-20)14(5-6-15(10)22-16(17)18)21-12-4-2-3-11(7-12)8-19/h2-7,16H,1H3. The van der Waals surface area contributed by atoms with Crippen molar-refractivity contribution in [3.63, 3.8) is 0 Å². The van der Waals surface area contributed by atoms with Crippen molar-refractivity contribution in [2.75, 3.05) is 0 Å². The summed E-state index contributed by atoms with van der Waals surface area (Å²) in [6.45, 7) is 1.60. The summed E-state index contributed by atoms with van der Waals surface area (Å²) in [6, 6.07) is 13.4. The van der Waals surface area contributed by atoms with Gasteiger partial charge in [-0.25, -0.2) is 0 Å². The van der Waals surface area contributed by atoms with Crippen LogP contribution in [-0.4, -0.2) is 5.76 Å². The van der Waals surface area contributed by atoms with E-state index in [2.05, 4.69) is 0 Å². The second-order valence-corrected chi connectivity index (χ2v) is 5.33. The molecule has 0 aliphatic rings. The van der Waals surface area contributed by atoms with Crippen molar-refractivity contribution >= 4 is 11.8 Å². The molecule has 0 heterocycles. The van der Waals surface area contributed by atoms with Gasteiger partial charge in [0.15, 0.2) is 0 Å². The van der Waals surface area contributed by atoms with Crippen LogP contribution >= 0.6 is 11.8 Å². The van der Waals surface area contributed by atoms with Crippen molar-refractivity contribution in [2.45, 2.75) is 17.6 Å². The van der Waals surface area contributed by atoms with Crippen LogP contribution in [0.5, 0.6) is 11.5 Å². The maximum Gasteiger partial charge on any atom is 0.288 e. The van der Waals surface area contributed by atoms with E-state index in [4.69, 9.17) is 10.00 Å². The van der Waals surface area contributed by atoms with Gasteiger partial charge in [-0.1, -0.05) is 17.8 Å². The van der Waals surface area contributed by atoms with E-state index < -0.39 is 5.76 Å². The van der Waals surface area contributed by atoms with Gasteiger partial charge < -0.3 is 4.74 Å². The zero-order valence-corrected chi connectivity index (χ0v) is 12.3. The fraction of sp³-hybridized carbons (Fsp3) is 0.125. The molecule has 0 amide bonds. The highest BCUT2D eigenvalue weighted by Gasteiger charge is 2.15. The van der Waals surface area contributed by atoms with Crippen LogP contribution in [0.4, 0.5) is 8.78 Å². The highest BCUT2D eigenvalue weighted by Crippen LogP contribution is 2.35. The van der Waals surface area contributed by atoms with Crippen LogP contribution in [0.2, 0.25) is 0 Å². The van der Waals surface area contributed by atoms with Crippen LogP contribution in [0.3, 0.4) is 0 Å². The Morgan fingerprint density at radius 1 is 1.14 bits per heavy atom. The lowest BCUT2D eigenvalue weighted by atomic mass is 10.1. The summed E-state index contributed by atoms with van der Waals surface area (Å²) in [5.41, 5.74) is 1.08. The summed E-state index contributed by atoms with van der Waals surface area (Å²) in [5.74, 6) is -1.87. The Hall–Kier alpha value is -2.57. The van der Waals surface area contributed by atoms with Crippen LogP contribution in [0.1, 0.15) is 16.7 Å². The molecule has 0 unspecified atom stereocenters. The fourth-order valence-electron chi connectivity index (χ4n) is 1.87. The number of nitrogens with zero attached hydrogens (tertiary/aromatic N) is 2. The van der Waals surface area contributed by atoms with Gasteiger partial charge in [0.25, 0.3) is 5.76 Å². The zero-order chi connectivity index (χ0) is 16.1. The molecule has 0 fully saturated rings. The summed E-state index contributed by atoms with van der Waals surface area (Å²) < 4.78 is 30.6. The summed E-state index contributed by atoms with van der Waals surface area (Å²) in [4.78, 5) is 0.338. The normalized spacial score (nSPS) is 10.1. The quantitative estimate of drug-likeness (QED) is 0.757. The second kappa shape index (κ2) is 6.93. The predicted octanol–water partition coefficient (Wildman–Crippen LogP) is 4.85. The number of hydrogen-bond donors (Lipinski definition) is 0. The van der Waals surface area contributed by atoms with Crippen molar-refractivity contribution in [1.29, 1.82) is 10.5 Å². The third-order valence-corrected chi connectivity index (χ3v) is 3.77. The topological polar surface area (TPSA) is 56.8 Å². The van der Waals surface area contributed by atoms with E-state index in [1.165, 1.54) is 18.2 Å². The van der Waals surface area contributed by atoms with Crippen molar-refractivity contribution < 1.29 is 13.5 Å². The van der Waals surface area contributed by atoms with Crippen molar-refractivity contribution in [2.24, 2.45) is 0 Å². The van der Waals surface area contributed by atoms with Crippen molar-refractivity contribution in [3.05, 3.63) is 53.1 Å². The van der Waals surface area contributed by atoms with Crippen LogP contribution in [0.25, 0.3) is 0 Å². The Balaban J connectivity index is 2.38. The summed E-state index contributed by atoms with van der Waals surface area (Å²) >= 11 is 0.393. The van der Waals surface area contributed by atoms with Gasteiger partial charge >= 0.3 is 0 Å². The molecule has 0 atom stereocenters. The molecule has 0 aromatic heterocycles. The molecule has 0 aliphatic heterocycles. The second-order valence-electron chi connectivity index (χ2n) is 4.29. The first kappa shape index (κ1) is 15.8. The molecule has 110 valence electrons. The molecule has 6 heteroatoms. The maximum atomic E-state index is 12.5. The predicted molar refractivity (Wildman–Crippen MR) is 79.0 cm³/mol.